The molecule has 0 spiro atoms. The molecule has 0 unspecified atom stereocenters. The lowest BCUT2D eigenvalue weighted by Crippen LogP contribution is -2.23. The van der Waals surface area contributed by atoms with Crippen molar-refractivity contribution in [3.63, 3.8) is 0 Å². The number of benzene rings is 2. The number of halogens is 1. The van der Waals surface area contributed by atoms with Crippen LogP contribution in [0, 0.1) is 0 Å². The van der Waals surface area contributed by atoms with Gasteiger partial charge in [0.1, 0.15) is 12.4 Å². The van der Waals surface area contributed by atoms with Crippen LogP contribution in [0.4, 0.5) is 5.69 Å². The molecule has 0 aliphatic heterocycles. The highest BCUT2D eigenvalue weighted by molar-refractivity contribution is 14.0. The quantitative estimate of drug-likeness (QED) is 0.254. The molecule has 7 heteroatoms. The predicted octanol–water partition coefficient (Wildman–Crippen LogP) is 3.40. The summed E-state index contributed by atoms with van der Waals surface area (Å²) < 4.78 is 15.7. The number of ether oxygens (including phenoxy) is 3. The number of nitrogens with two attached hydrogens (primary N) is 1. The van der Waals surface area contributed by atoms with Gasteiger partial charge in [-0.15, -0.1) is 24.0 Å². The van der Waals surface area contributed by atoms with Crippen LogP contribution in [0.5, 0.6) is 5.75 Å². The Hall–Kier alpha value is -1.84. The fraction of sp³-hybridized carbons (Fsp3) is 0.316. The fourth-order valence-corrected chi connectivity index (χ4v) is 2.21. The van der Waals surface area contributed by atoms with Crippen molar-refractivity contribution in [1.82, 2.24) is 0 Å². The molecule has 0 heterocycles. The third-order valence-electron chi connectivity index (χ3n) is 3.49. The molecule has 0 fully saturated rings. The molecule has 2 aromatic rings. The van der Waals surface area contributed by atoms with E-state index in [-0.39, 0.29) is 24.0 Å². The highest BCUT2D eigenvalue weighted by Gasteiger charge is 2.02. The lowest BCUT2D eigenvalue weighted by molar-refractivity contribution is 0.146. The van der Waals surface area contributed by atoms with E-state index in [0.717, 1.165) is 22.6 Å². The Morgan fingerprint density at radius 3 is 2.42 bits per heavy atom. The van der Waals surface area contributed by atoms with Crippen LogP contribution >= 0.6 is 24.0 Å². The molecular weight excluding hydrogens is 445 g/mol. The van der Waals surface area contributed by atoms with Crippen LogP contribution in [0.2, 0.25) is 0 Å². The molecule has 0 aromatic heterocycles. The van der Waals surface area contributed by atoms with E-state index in [0.29, 0.717) is 32.3 Å². The summed E-state index contributed by atoms with van der Waals surface area (Å²) >= 11 is 0. The average Bonchev–Trinajstić information content (AvgIpc) is 2.63. The van der Waals surface area contributed by atoms with Crippen LogP contribution in [-0.2, 0) is 22.6 Å². The second-order valence-electron chi connectivity index (χ2n) is 5.40. The third kappa shape index (κ3) is 7.59. The van der Waals surface area contributed by atoms with E-state index in [1.54, 1.807) is 14.2 Å². The van der Waals surface area contributed by atoms with Gasteiger partial charge in [0.15, 0.2) is 5.96 Å². The molecule has 142 valence electrons. The molecule has 2 aromatic carbocycles. The zero-order valence-corrected chi connectivity index (χ0v) is 17.4. The lowest BCUT2D eigenvalue weighted by atomic mass is 10.2. The van der Waals surface area contributed by atoms with E-state index in [1.807, 2.05) is 48.5 Å². The Morgan fingerprint density at radius 2 is 1.73 bits per heavy atom. The number of anilines is 1. The van der Waals surface area contributed by atoms with Gasteiger partial charge in [-0.3, -0.25) is 0 Å². The summed E-state index contributed by atoms with van der Waals surface area (Å²) in [5.74, 6) is 1.17. The Morgan fingerprint density at radius 1 is 1.00 bits per heavy atom. The normalized spacial score (nSPS) is 10.9. The van der Waals surface area contributed by atoms with Gasteiger partial charge in [0.2, 0.25) is 0 Å². The fourth-order valence-electron chi connectivity index (χ4n) is 2.21. The van der Waals surface area contributed by atoms with E-state index in [4.69, 9.17) is 19.9 Å². The Balaban J connectivity index is 0.00000338. The zero-order valence-electron chi connectivity index (χ0n) is 15.1. The number of rotatable bonds is 9. The molecule has 26 heavy (non-hydrogen) atoms. The largest absolute Gasteiger partial charge is 0.491 e. The third-order valence-corrected chi connectivity index (χ3v) is 3.49. The monoisotopic (exact) mass is 471 g/mol. The molecule has 0 aliphatic rings. The smallest absolute Gasteiger partial charge is 0.193 e. The van der Waals surface area contributed by atoms with Gasteiger partial charge in [0, 0.05) is 25.5 Å². The van der Waals surface area contributed by atoms with Gasteiger partial charge in [-0.25, -0.2) is 4.99 Å². The van der Waals surface area contributed by atoms with Gasteiger partial charge < -0.3 is 25.3 Å². The highest BCUT2D eigenvalue weighted by atomic mass is 127. The van der Waals surface area contributed by atoms with Crippen molar-refractivity contribution in [2.75, 3.05) is 32.8 Å². The molecular formula is C19H26IN3O3. The second-order valence-corrected chi connectivity index (χ2v) is 5.40. The number of methoxy groups -OCH3 is 2. The summed E-state index contributed by atoms with van der Waals surface area (Å²) in [6, 6.07) is 15.6. The molecule has 0 atom stereocenters. The van der Waals surface area contributed by atoms with Crippen molar-refractivity contribution in [2.45, 2.75) is 13.2 Å². The summed E-state index contributed by atoms with van der Waals surface area (Å²) in [6.07, 6.45) is 0. The Bertz CT molecular complexity index is 678. The number of guanidine groups is 1. The Labute approximate surface area is 171 Å². The maximum Gasteiger partial charge on any atom is 0.193 e. The maximum atomic E-state index is 5.99. The molecule has 6 nitrogen and oxygen atoms in total. The molecule has 0 radical (unpaired) electrons. The lowest BCUT2D eigenvalue weighted by Gasteiger charge is -2.11. The van der Waals surface area contributed by atoms with Gasteiger partial charge in [0.25, 0.3) is 0 Å². The summed E-state index contributed by atoms with van der Waals surface area (Å²) in [5, 5.41) is 3.12. The first-order valence-corrected chi connectivity index (χ1v) is 8.07. The number of nitrogens with one attached hydrogen (secondary N) is 1. The molecule has 3 N–H and O–H groups in total. The summed E-state index contributed by atoms with van der Waals surface area (Å²) in [7, 11) is 3.31. The maximum absolute atomic E-state index is 5.99. The predicted molar refractivity (Wildman–Crippen MR) is 115 cm³/mol. The van der Waals surface area contributed by atoms with Crippen molar-refractivity contribution in [2.24, 2.45) is 10.7 Å². The van der Waals surface area contributed by atoms with Gasteiger partial charge in [0.05, 0.1) is 19.8 Å². The van der Waals surface area contributed by atoms with Crippen molar-refractivity contribution >= 4 is 35.6 Å². The van der Waals surface area contributed by atoms with Gasteiger partial charge in [-0.2, -0.15) is 0 Å². The van der Waals surface area contributed by atoms with E-state index in [9.17, 15) is 0 Å². The topological polar surface area (TPSA) is 78.1 Å². The molecule has 0 saturated carbocycles. The van der Waals surface area contributed by atoms with Crippen LogP contribution in [0.25, 0.3) is 0 Å². The summed E-state index contributed by atoms with van der Waals surface area (Å²) in [5.41, 5.74) is 8.96. The number of aliphatic imine (C=N–C) groups is 1. The number of nitrogens with zero attached hydrogens (tertiary/aromatic N) is 1. The van der Waals surface area contributed by atoms with Crippen LogP contribution in [-0.4, -0.2) is 33.4 Å². The van der Waals surface area contributed by atoms with Gasteiger partial charge >= 0.3 is 0 Å². The average molecular weight is 471 g/mol. The van der Waals surface area contributed by atoms with E-state index in [1.165, 1.54) is 0 Å². The molecule has 0 amide bonds. The van der Waals surface area contributed by atoms with Gasteiger partial charge in [-0.05, 0) is 23.8 Å². The second kappa shape index (κ2) is 12.5. The van der Waals surface area contributed by atoms with Crippen molar-refractivity contribution < 1.29 is 14.2 Å². The summed E-state index contributed by atoms with van der Waals surface area (Å²) in [4.78, 5) is 4.38. The standard InChI is InChI=1S/C19H25N3O3.HI/c1-23-11-12-25-17-9-7-15(8-10-17)13-21-19(20)22-18-6-4-3-5-16(18)14-24-2;/h3-10H,11-14H2,1-2H3,(H3,20,21,22);1H. The first kappa shape index (κ1) is 22.2. The van der Waals surface area contributed by atoms with Crippen molar-refractivity contribution in [3.05, 3.63) is 59.7 Å². The van der Waals surface area contributed by atoms with Crippen molar-refractivity contribution in [3.8, 4) is 5.75 Å². The molecule has 2 rings (SSSR count). The summed E-state index contributed by atoms with van der Waals surface area (Å²) in [6.45, 7) is 2.11. The van der Waals surface area contributed by atoms with Crippen LogP contribution in [0.15, 0.2) is 53.5 Å². The van der Waals surface area contributed by atoms with Crippen LogP contribution < -0.4 is 15.8 Å². The number of para-hydroxylation sites is 1. The van der Waals surface area contributed by atoms with E-state index >= 15 is 0 Å². The van der Waals surface area contributed by atoms with Crippen molar-refractivity contribution in [1.29, 1.82) is 0 Å². The van der Waals surface area contributed by atoms with Crippen LogP contribution in [0.3, 0.4) is 0 Å². The minimum atomic E-state index is 0. The van der Waals surface area contributed by atoms with Gasteiger partial charge in [-0.1, -0.05) is 30.3 Å². The first-order chi connectivity index (χ1) is 12.2. The van der Waals surface area contributed by atoms with E-state index in [2.05, 4.69) is 10.3 Å². The van der Waals surface area contributed by atoms with Crippen LogP contribution in [0.1, 0.15) is 11.1 Å². The molecule has 0 bridgehead atoms. The minimum absolute atomic E-state index is 0. The minimum Gasteiger partial charge on any atom is -0.491 e. The number of hydrogen-bond donors (Lipinski definition) is 2. The molecule has 0 aliphatic carbocycles. The van der Waals surface area contributed by atoms with E-state index < -0.39 is 0 Å². The highest BCUT2D eigenvalue weighted by Crippen LogP contribution is 2.16. The Kier molecular flexibility index (Phi) is 10.7. The zero-order chi connectivity index (χ0) is 17.9. The number of hydrogen-bond acceptors (Lipinski definition) is 4. The first-order valence-electron chi connectivity index (χ1n) is 8.07. The molecule has 0 saturated heterocycles. The SMILES string of the molecule is COCCOc1ccc(CN=C(N)Nc2ccccc2COC)cc1.I.